The normalized spacial score (nSPS) is 24.2. The van der Waals surface area contributed by atoms with E-state index >= 15 is 0 Å². The van der Waals surface area contributed by atoms with Crippen LogP contribution in [0.1, 0.15) is 51.0 Å². The van der Waals surface area contributed by atoms with Gasteiger partial charge in [0.05, 0.1) is 11.6 Å². The van der Waals surface area contributed by atoms with E-state index in [-0.39, 0.29) is 6.04 Å². The lowest BCUT2D eigenvalue weighted by Crippen LogP contribution is -2.29. The molecule has 122 valence electrons. The molecule has 0 aromatic heterocycles. The molecule has 1 aliphatic heterocycles. The lowest BCUT2D eigenvalue weighted by Gasteiger charge is -2.38. The third-order valence-corrected chi connectivity index (χ3v) is 5.33. The third kappa shape index (κ3) is 2.32. The van der Waals surface area contributed by atoms with E-state index in [1.54, 1.807) is 12.1 Å². The van der Waals surface area contributed by atoms with Gasteiger partial charge >= 0.3 is 5.97 Å². The molecular formula is C21H21NO2. The van der Waals surface area contributed by atoms with Gasteiger partial charge in [0.25, 0.3) is 0 Å². The second-order valence-electron chi connectivity index (χ2n) is 6.95. The van der Waals surface area contributed by atoms with Crippen LogP contribution in [0.3, 0.4) is 0 Å². The van der Waals surface area contributed by atoms with Crippen LogP contribution >= 0.6 is 0 Å². The van der Waals surface area contributed by atoms with Crippen molar-refractivity contribution >= 4 is 11.7 Å². The standard InChI is InChI=1S/C21H21NO2/c1-12-10-13(2)19-18(11-12)16-4-3-5-17(16)20(22-19)14-6-8-15(9-7-14)21(23)24/h3-4,6-11,16-17,20,22H,5H2,1-2H3,(H,23,24)/t16?,17?,20-/m1/s1. The minimum Gasteiger partial charge on any atom is -0.478 e. The fourth-order valence-electron chi connectivity index (χ4n) is 4.24. The van der Waals surface area contributed by atoms with E-state index in [1.165, 1.54) is 22.4 Å². The van der Waals surface area contributed by atoms with E-state index in [2.05, 4.69) is 43.4 Å². The van der Waals surface area contributed by atoms with Crippen LogP contribution in [0.2, 0.25) is 0 Å². The molecule has 0 saturated heterocycles. The van der Waals surface area contributed by atoms with Gasteiger partial charge in [0, 0.05) is 11.6 Å². The Bertz CT molecular complexity index is 836. The maximum absolute atomic E-state index is 11.1. The van der Waals surface area contributed by atoms with Crippen molar-refractivity contribution < 1.29 is 9.90 Å². The maximum Gasteiger partial charge on any atom is 0.335 e. The predicted molar refractivity (Wildman–Crippen MR) is 95.7 cm³/mol. The molecule has 24 heavy (non-hydrogen) atoms. The topological polar surface area (TPSA) is 49.3 Å². The molecule has 1 heterocycles. The number of anilines is 1. The molecule has 1 aliphatic carbocycles. The van der Waals surface area contributed by atoms with Crippen LogP contribution in [0.5, 0.6) is 0 Å². The molecule has 0 bridgehead atoms. The first kappa shape index (κ1) is 15.0. The molecule has 0 spiro atoms. The van der Waals surface area contributed by atoms with Crippen molar-refractivity contribution in [3.63, 3.8) is 0 Å². The number of nitrogens with one attached hydrogen (secondary N) is 1. The molecule has 0 fully saturated rings. The predicted octanol–water partition coefficient (Wildman–Crippen LogP) is 4.83. The van der Waals surface area contributed by atoms with Gasteiger partial charge in [-0.3, -0.25) is 0 Å². The second kappa shape index (κ2) is 5.52. The number of carbonyl (C=O) groups is 1. The van der Waals surface area contributed by atoms with Gasteiger partial charge in [-0.25, -0.2) is 4.79 Å². The summed E-state index contributed by atoms with van der Waals surface area (Å²) in [5.41, 5.74) is 6.70. The van der Waals surface area contributed by atoms with Crippen molar-refractivity contribution in [2.45, 2.75) is 32.2 Å². The number of hydrogen-bond acceptors (Lipinski definition) is 2. The number of carboxylic acids is 1. The van der Waals surface area contributed by atoms with E-state index in [1.807, 2.05) is 12.1 Å². The fraction of sp³-hybridized carbons (Fsp3) is 0.286. The van der Waals surface area contributed by atoms with Crippen LogP contribution in [-0.4, -0.2) is 11.1 Å². The van der Waals surface area contributed by atoms with Crippen LogP contribution < -0.4 is 5.32 Å². The molecule has 3 nitrogen and oxygen atoms in total. The van der Waals surface area contributed by atoms with Crippen molar-refractivity contribution in [2.75, 3.05) is 5.32 Å². The Labute approximate surface area is 142 Å². The molecule has 2 aromatic carbocycles. The average molecular weight is 319 g/mol. The maximum atomic E-state index is 11.1. The van der Waals surface area contributed by atoms with Gasteiger partial charge in [-0.05, 0) is 55.0 Å². The zero-order valence-electron chi connectivity index (χ0n) is 13.9. The summed E-state index contributed by atoms with van der Waals surface area (Å²) in [6, 6.07) is 12.0. The van der Waals surface area contributed by atoms with Crippen molar-refractivity contribution in [1.82, 2.24) is 0 Å². The summed E-state index contributed by atoms with van der Waals surface area (Å²) in [6.45, 7) is 4.31. The van der Waals surface area contributed by atoms with Gasteiger partial charge in [0.1, 0.15) is 0 Å². The van der Waals surface area contributed by atoms with E-state index in [0.29, 0.717) is 17.4 Å². The SMILES string of the molecule is Cc1cc(C)c2c(c1)C1C=CCC1[C@@H](c1ccc(C(=O)O)cc1)N2. The van der Waals surface area contributed by atoms with Crippen LogP contribution in [-0.2, 0) is 0 Å². The first-order valence-electron chi connectivity index (χ1n) is 8.42. The average Bonchev–Trinajstić information content (AvgIpc) is 3.04. The molecule has 3 heteroatoms. The first-order chi connectivity index (χ1) is 11.5. The van der Waals surface area contributed by atoms with Crippen molar-refractivity contribution in [3.8, 4) is 0 Å². The molecule has 2 N–H and O–H groups in total. The largest absolute Gasteiger partial charge is 0.478 e. The molecule has 2 aromatic rings. The lowest BCUT2D eigenvalue weighted by molar-refractivity contribution is 0.0697. The Morgan fingerprint density at radius 3 is 2.62 bits per heavy atom. The highest BCUT2D eigenvalue weighted by molar-refractivity contribution is 5.87. The minimum absolute atomic E-state index is 0.210. The second-order valence-corrected chi connectivity index (χ2v) is 6.95. The quantitative estimate of drug-likeness (QED) is 0.780. The van der Waals surface area contributed by atoms with Crippen molar-refractivity contribution in [2.24, 2.45) is 5.92 Å². The third-order valence-electron chi connectivity index (χ3n) is 5.33. The Morgan fingerprint density at radius 1 is 1.17 bits per heavy atom. The highest BCUT2D eigenvalue weighted by Gasteiger charge is 2.38. The van der Waals surface area contributed by atoms with E-state index in [0.717, 1.165) is 12.0 Å². The summed E-state index contributed by atoms with van der Waals surface area (Å²) in [6.07, 6.45) is 5.67. The van der Waals surface area contributed by atoms with Crippen molar-refractivity contribution in [3.05, 3.63) is 76.4 Å². The number of benzene rings is 2. The smallest absolute Gasteiger partial charge is 0.335 e. The van der Waals surface area contributed by atoms with Crippen LogP contribution in [0.4, 0.5) is 5.69 Å². The number of rotatable bonds is 2. The van der Waals surface area contributed by atoms with Gasteiger partial charge < -0.3 is 10.4 Å². The summed E-state index contributed by atoms with van der Waals surface area (Å²) < 4.78 is 0. The van der Waals surface area contributed by atoms with E-state index < -0.39 is 5.97 Å². The zero-order valence-corrected chi connectivity index (χ0v) is 13.9. The Kier molecular flexibility index (Phi) is 3.45. The van der Waals surface area contributed by atoms with Gasteiger partial charge in [0.15, 0.2) is 0 Å². The Morgan fingerprint density at radius 2 is 1.92 bits per heavy atom. The van der Waals surface area contributed by atoms with Crippen LogP contribution in [0, 0.1) is 19.8 Å². The molecule has 4 rings (SSSR count). The highest BCUT2D eigenvalue weighted by atomic mass is 16.4. The van der Waals surface area contributed by atoms with Gasteiger partial charge in [-0.2, -0.15) is 0 Å². The Balaban J connectivity index is 1.76. The number of aromatic carboxylic acids is 1. The summed E-state index contributed by atoms with van der Waals surface area (Å²) in [4.78, 5) is 11.1. The van der Waals surface area contributed by atoms with Crippen LogP contribution in [0.25, 0.3) is 0 Å². The molecule has 2 aliphatic rings. The van der Waals surface area contributed by atoms with Gasteiger partial charge in [-0.15, -0.1) is 0 Å². The molecule has 0 saturated carbocycles. The van der Waals surface area contributed by atoms with E-state index in [4.69, 9.17) is 5.11 Å². The van der Waals surface area contributed by atoms with Gasteiger partial charge in [-0.1, -0.05) is 42.0 Å². The summed E-state index contributed by atoms with van der Waals surface area (Å²) >= 11 is 0. The number of carboxylic acid groups (broad SMARTS) is 1. The number of fused-ring (bicyclic) bond motifs is 3. The van der Waals surface area contributed by atoms with Crippen molar-refractivity contribution in [1.29, 1.82) is 0 Å². The fourth-order valence-corrected chi connectivity index (χ4v) is 4.24. The molecular weight excluding hydrogens is 298 g/mol. The molecule has 2 unspecified atom stereocenters. The lowest BCUT2D eigenvalue weighted by atomic mass is 9.76. The van der Waals surface area contributed by atoms with Gasteiger partial charge in [0.2, 0.25) is 0 Å². The number of aryl methyl sites for hydroxylation is 2. The minimum atomic E-state index is -0.879. The molecule has 0 radical (unpaired) electrons. The summed E-state index contributed by atoms with van der Waals surface area (Å²) in [5, 5.41) is 12.8. The Hall–Kier alpha value is -2.55. The first-order valence-corrected chi connectivity index (χ1v) is 8.42. The number of allylic oxidation sites excluding steroid dienone is 2. The monoisotopic (exact) mass is 319 g/mol. The van der Waals surface area contributed by atoms with Crippen LogP contribution in [0.15, 0.2) is 48.6 Å². The van der Waals surface area contributed by atoms with E-state index in [9.17, 15) is 4.79 Å². The molecule has 0 amide bonds. The molecule has 3 atom stereocenters. The summed E-state index contributed by atoms with van der Waals surface area (Å²) in [7, 11) is 0. The number of hydrogen-bond donors (Lipinski definition) is 2. The highest BCUT2D eigenvalue weighted by Crippen LogP contribution is 2.50. The zero-order chi connectivity index (χ0) is 16.8. The summed E-state index contributed by atoms with van der Waals surface area (Å²) in [5.74, 6) is 0.0357.